The predicted octanol–water partition coefficient (Wildman–Crippen LogP) is 1.43. The number of rotatable bonds is 2. The van der Waals surface area contributed by atoms with E-state index in [1.807, 2.05) is 24.0 Å². The number of aromatic nitrogens is 2. The molecule has 0 saturated heterocycles. The average Bonchev–Trinajstić information content (AvgIpc) is 2.62. The molecule has 1 N–H and O–H groups in total. The molecule has 1 aliphatic rings. The summed E-state index contributed by atoms with van der Waals surface area (Å²) in [5.74, 6) is 0.622. The summed E-state index contributed by atoms with van der Waals surface area (Å²) in [5, 5.41) is 0. The Bertz CT molecular complexity index is 889. The van der Waals surface area contributed by atoms with E-state index < -0.39 is 9.84 Å². The fourth-order valence-corrected chi connectivity index (χ4v) is 4.40. The molecule has 0 spiro atoms. The first-order valence-electron chi connectivity index (χ1n) is 7.49. The van der Waals surface area contributed by atoms with E-state index in [-0.39, 0.29) is 17.4 Å². The molecule has 0 fully saturated rings. The minimum absolute atomic E-state index is 0.0599. The number of hydrogen-bond donors (Lipinski definition) is 1. The number of H-pyrrole nitrogens is 1. The molecular formula is C16H19N3O3S. The van der Waals surface area contributed by atoms with Crippen LogP contribution in [0.15, 0.2) is 40.0 Å². The van der Waals surface area contributed by atoms with Crippen molar-refractivity contribution in [3.8, 4) is 0 Å². The van der Waals surface area contributed by atoms with Gasteiger partial charge in [-0.25, -0.2) is 13.4 Å². The van der Waals surface area contributed by atoms with Gasteiger partial charge in [0.25, 0.3) is 5.56 Å². The van der Waals surface area contributed by atoms with Gasteiger partial charge in [0.15, 0.2) is 9.84 Å². The Hall–Kier alpha value is -1.99. The van der Waals surface area contributed by atoms with Crippen LogP contribution in [0.3, 0.4) is 0 Å². The van der Waals surface area contributed by atoms with Crippen LogP contribution in [0, 0.1) is 6.92 Å². The molecule has 122 valence electrons. The molecule has 0 unspecified atom stereocenters. The minimum Gasteiger partial charge on any atom is -0.309 e. The Morgan fingerprint density at radius 1 is 1.30 bits per heavy atom. The second kappa shape index (κ2) is 5.90. The largest absolute Gasteiger partial charge is 0.309 e. The topological polar surface area (TPSA) is 83.1 Å². The lowest BCUT2D eigenvalue weighted by Gasteiger charge is -2.26. The van der Waals surface area contributed by atoms with Gasteiger partial charge in [-0.15, -0.1) is 0 Å². The van der Waals surface area contributed by atoms with Gasteiger partial charge < -0.3 is 4.98 Å². The van der Waals surface area contributed by atoms with Gasteiger partial charge in [-0.2, -0.15) is 0 Å². The fraction of sp³-hybridized carbons (Fsp3) is 0.375. The first-order chi connectivity index (χ1) is 10.9. The van der Waals surface area contributed by atoms with Gasteiger partial charge in [-0.05, 0) is 25.5 Å². The number of nitrogens with zero attached hydrogens (tertiary/aromatic N) is 2. The molecule has 1 aliphatic heterocycles. The van der Waals surface area contributed by atoms with Crippen molar-refractivity contribution >= 4 is 9.84 Å². The Kier molecular flexibility index (Phi) is 4.08. The molecule has 0 saturated carbocycles. The zero-order valence-corrected chi connectivity index (χ0v) is 13.9. The first-order valence-corrected chi connectivity index (χ1v) is 9.14. The van der Waals surface area contributed by atoms with Crippen LogP contribution in [0.2, 0.25) is 0 Å². The highest BCUT2D eigenvalue weighted by Gasteiger charge is 2.28. The van der Waals surface area contributed by atoms with E-state index in [1.165, 1.54) is 6.07 Å². The molecule has 0 bridgehead atoms. The molecule has 1 atom stereocenters. The van der Waals surface area contributed by atoms with E-state index in [2.05, 4.69) is 9.97 Å². The molecule has 7 heteroatoms. The first kappa shape index (κ1) is 15.9. The highest BCUT2D eigenvalue weighted by atomic mass is 32.2. The van der Waals surface area contributed by atoms with Crippen LogP contribution in [0.1, 0.15) is 30.0 Å². The summed E-state index contributed by atoms with van der Waals surface area (Å²) in [7, 11) is -3.28. The summed E-state index contributed by atoms with van der Waals surface area (Å²) in [6.45, 7) is 4.61. The molecule has 2 aromatic rings. The summed E-state index contributed by atoms with van der Waals surface area (Å²) in [5.41, 5.74) is 1.24. The quantitative estimate of drug-likeness (QED) is 0.899. The number of aromatic amines is 1. The summed E-state index contributed by atoms with van der Waals surface area (Å²) < 4.78 is 24.8. The fourth-order valence-electron chi connectivity index (χ4n) is 2.89. The predicted molar refractivity (Wildman–Crippen MR) is 86.9 cm³/mol. The molecule has 1 aromatic carbocycles. The van der Waals surface area contributed by atoms with E-state index >= 15 is 0 Å². The van der Waals surface area contributed by atoms with Crippen LogP contribution >= 0.6 is 0 Å². The Morgan fingerprint density at radius 2 is 2.04 bits per heavy atom. The van der Waals surface area contributed by atoms with Crippen LogP contribution < -0.4 is 5.56 Å². The second-order valence-corrected chi connectivity index (χ2v) is 7.92. The van der Waals surface area contributed by atoms with Gasteiger partial charge in [0, 0.05) is 24.8 Å². The smallest absolute Gasteiger partial charge is 0.251 e. The Morgan fingerprint density at radius 3 is 2.78 bits per heavy atom. The lowest BCUT2D eigenvalue weighted by Crippen LogP contribution is -2.31. The van der Waals surface area contributed by atoms with Gasteiger partial charge in [0.1, 0.15) is 5.82 Å². The molecule has 0 amide bonds. The average molecular weight is 333 g/mol. The van der Waals surface area contributed by atoms with Crippen molar-refractivity contribution < 1.29 is 8.42 Å². The van der Waals surface area contributed by atoms with E-state index in [4.69, 9.17) is 0 Å². The van der Waals surface area contributed by atoms with Crippen molar-refractivity contribution in [2.24, 2.45) is 0 Å². The summed E-state index contributed by atoms with van der Waals surface area (Å²) >= 11 is 0. The maximum atomic E-state index is 12.4. The van der Waals surface area contributed by atoms with Gasteiger partial charge in [-0.3, -0.25) is 9.69 Å². The molecule has 1 aromatic heterocycles. The molecule has 23 heavy (non-hydrogen) atoms. The third-order valence-electron chi connectivity index (χ3n) is 4.16. The zero-order valence-electron chi connectivity index (χ0n) is 13.1. The summed E-state index contributed by atoms with van der Waals surface area (Å²) in [6, 6.07) is 8.35. The molecule has 3 rings (SSSR count). The van der Waals surface area contributed by atoms with Crippen LogP contribution in [0.4, 0.5) is 0 Å². The van der Waals surface area contributed by atoms with Gasteiger partial charge in [-0.1, -0.05) is 18.2 Å². The number of nitrogens with one attached hydrogen (secondary N) is 1. The monoisotopic (exact) mass is 333 g/mol. The second-order valence-electron chi connectivity index (χ2n) is 5.85. The van der Waals surface area contributed by atoms with Crippen LogP contribution in [-0.2, 0) is 16.4 Å². The summed E-state index contributed by atoms with van der Waals surface area (Å²) in [4.78, 5) is 21.2. The van der Waals surface area contributed by atoms with E-state index in [1.54, 1.807) is 19.1 Å². The number of fused-ring (bicyclic) bond motifs is 1. The van der Waals surface area contributed by atoms with Crippen LogP contribution in [0.25, 0.3) is 0 Å². The van der Waals surface area contributed by atoms with Crippen molar-refractivity contribution in [1.82, 2.24) is 14.9 Å². The molecule has 2 heterocycles. The van der Waals surface area contributed by atoms with Gasteiger partial charge in [0.2, 0.25) is 0 Å². The molecule has 0 aliphatic carbocycles. The zero-order chi connectivity index (χ0) is 16.6. The van der Waals surface area contributed by atoms with Crippen molar-refractivity contribution in [3.63, 3.8) is 0 Å². The van der Waals surface area contributed by atoms with Crippen molar-refractivity contribution in [2.75, 3.05) is 12.3 Å². The highest BCUT2D eigenvalue weighted by Crippen LogP contribution is 2.27. The van der Waals surface area contributed by atoms with E-state index in [0.717, 1.165) is 5.56 Å². The van der Waals surface area contributed by atoms with E-state index in [9.17, 15) is 13.2 Å². The number of sulfone groups is 1. The maximum absolute atomic E-state index is 12.4. The van der Waals surface area contributed by atoms with Crippen molar-refractivity contribution in [2.45, 2.75) is 31.3 Å². The molecule has 0 radical (unpaired) electrons. The van der Waals surface area contributed by atoms with Gasteiger partial charge in [0.05, 0.1) is 16.7 Å². The lowest BCUT2D eigenvalue weighted by atomic mass is 10.1. The molecular weight excluding hydrogens is 314 g/mol. The number of hydrogen-bond acceptors (Lipinski definition) is 5. The highest BCUT2D eigenvalue weighted by molar-refractivity contribution is 7.91. The number of aryl methyl sites for hydroxylation is 1. The van der Waals surface area contributed by atoms with Gasteiger partial charge >= 0.3 is 0 Å². The van der Waals surface area contributed by atoms with E-state index in [0.29, 0.717) is 29.5 Å². The van der Waals surface area contributed by atoms with Crippen LogP contribution in [0.5, 0.6) is 0 Å². The van der Waals surface area contributed by atoms with Crippen molar-refractivity contribution in [3.05, 3.63) is 57.8 Å². The lowest BCUT2D eigenvalue weighted by molar-refractivity contribution is 0.206. The summed E-state index contributed by atoms with van der Waals surface area (Å²) in [6.07, 6.45) is 0. The minimum atomic E-state index is -3.28. The normalized spacial score (nSPS) is 18.9. The maximum Gasteiger partial charge on any atom is 0.251 e. The third-order valence-corrected chi connectivity index (χ3v) is 5.95. The SMILES string of the molecule is Cc1cc(=O)[nH]c([C@@H](C)N2CCS(=O)(=O)c3ccccc3C2)n1. The third kappa shape index (κ3) is 3.20. The van der Waals surface area contributed by atoms with Crippen molar-refractivity contribution in [1.29, 1.82) is 0 Å². The Balaban J connectivity index is 1.97. The number of benzene rings is 1. The molecule has 6 nitrogen and oxygen atoms in total. The Labute approximate surface area is 135 Å². The standard InChI is InChI=1S/C16H19N3O3S/c1-11-9-15(20)18-16(17-11)12(2)19-7-8-23(21,22)14-6-4-3-5-13(14)10-19/h3-6,9,12H,7-8,10H2,1-2H3,(H,17,18,20)/t12-/m1/s1. The van der Waals surface area contributed by atoms with Crippen LogP contribution in [-0.4, -0.2) is 35.6 Å².